The number of hydrogen-bond acceptors (Lipinski definition) is 7. The van der Waals surface area contributed by atoms with Crippen molar-refractivity contribution in [2.75, 3.05) is 25.6 Å². The molecule has 0 saturated heterocycles. The van der Waals surface area contributed by atoms with E-state index in [4.69, 9.17) is 30.2 Å². The lowest BCUT2D eigenvalue weighted by Crippen LogP contribution is -2.24. The number of methoxy groups -OCH3 is 1. The fourth-order valence-corrected chi connectivity index (χ4v) is 2.73. The first-order chi connectivity index (χ1) is 14.4. The normalized spacial score (nSPS) is 10.5. The summed E-state index contributed by atoms with van der Waals surface area (Å²) in [6, 6.07) is 11.0. The Kier molecular flexibility index (Phi) is 6.58. The second kappa shape index (κ2) is 9.32. The molecule has 0 unspecified atom stereocenters. The van der Waals surface area contributed by atoms with Gasteiger partial charge in [-0.1, -0.05) is 11.6 Å². The van der Waals surface area contributed by atoms with Crippen LogP contribution < -0.4 is 20.4 Å². The topological polar surface area (TPSA) is 104 Å². The molecule has 156 valence electrons. The van der Waals surface area contributed by atoms with E-state index in [1.807, 2.05) is 0 Å². The molecule has 1 heterocycles. The van der Waals surface area contributed by atoms with E-state index in [-0.39, 0.29) is 0 Å². The smallest absolute Gasteiger partial charge is 0.344 e. The van der Waals surface area contributed by atoms with Gasteiger partial charge in [0.05, 0.1) is 12.8 Å². The summed E-state index contributed by atoms with van der Waals surface area (Å²) < 4.78 is 20.5. The summed E-state index contributed by atoms with van der Waals surface area (Å²) in [5.41, 5.74) is 1.01. The summed E-state index contributed by atoms with van der Waals surface area (Å²) in [7, 11) is 1.45. The highest BCUT2D eigenvalue weighted by molar-refractivity contribution is 6.31. The molecule has 1 N–H and O–H groups in total. The first-order valence-corrected chi connectivity index (χ1v) is 9.20. The average molecular weight is 432 g/mol. The van der Waals surface area contributed by atoms with Crippen LogP contribution in [0.2, 0.25) is 5.02 Å². The molecule has 1 aromatic heterocycles. The number of halogens is 1. The van der Waals surface area contributed by atoms with Crippen LogP contribution in [0.15, 0.2) is 51.7 Å². The molecule has 1 amide bonds. The Hall–Kier alpha value is -3.52. The van der Waals surface area contributed by atoms with Gasteiger partial charge in [-0.15, -0.1) is 0 Å². The van der Waals surface area contributed by atoms with Crippen molar-refractivity contribution in [2.24, 2.45) is 0 Å². The Balaban J connectivity index is 1.52. The van der Waals surface area contributed by atoms with Gasteiger partial charge < -0.3 is 23.9 Å². The van der Waals surface area contributed by atoms with Gasteiger partial charge in [-0.25, -0.2) is 9.59 Å². The first kappa shape index (κ1) is 21.2. The van der Waals surface area contributed by atoms with Gasteiger partial charge >= 0.3 is 11.6 Å². The minimum Gasteiger partial charge on any atom is -0.495 e. The predicted molar refractivity (Wildman–Crippen MR) is 110 cm³/mol. The van der Waals surface area contributed by atoms with Crippen molar-refractivity contribution in [1.82, 2.24) is 0 Å². The Morgan fingerprint density at radius 2 is 1.87 bits per heavy atom. The maximum atomic E-state index is 12.1. The molecule has 0 aliphatic rings. The van der Waals surface area contributed by atoms with Gasteiger partial charge in [0.25, 0.3) is 5.91 Å². The fraction of sp³-hybridized carbons (Fsp3) is 0.190. The number of amides is 1. The molecule has 0 bridgehead atoms. The highest BCUT2D eigenvalue weighted by atomic mass is 35.5. The Morgan fingerprint density at radius 1 is 1.10 bits per heavy atom. The Labute approximate surface area is 176 Å². The molecule has 3 rings (SSSR count). The minimum atomic E-state index is -0.737. The van der Waals surface area contributed by atoms with Crippen LogP contribution in [-0.2, 0) is 14.3 Å². The summed E-state index contributed by atoms with van der Waals surface area (Å²) in [6.07, 6.45) is 0. The molecule has 0 aliphatic heterocycles. The number of aryl methyl sites for hydroxylation is 1. The number of rotatable bonds is 7. The van der Waals surface area contributed by atoms with Crippen molar-refractivity contribution >= 4 is 40.1 Å². The molecule has 3 aromatic rings. The lowest BCUT2D eigenvalue weighted by atomic mass is 10.2. The molecule has 0 radical (unpaired) electrons. The molecular formula is C21H18ClNO7. The van der Waals surface area contributed by atoms with E-state index in [0.29, 0.717) is 33.2 Å². The van der Waals surface area contributed by atoms with Crippen LogP contribution in [-0.4, -0.2) is 32.2 Å². The number of esters is 1. The molecule has 9 heteroatoms. The van der Waals surface area contributed by atoms with Gasteiger partial charge in [0.2, 0.25) is 0 Å². The SMILES string of the molecule is COc1cc(Cl)c(C)cc1NC(=O)COC(=O)COc1ccc2ccc(=O)oc2c1. The van der Waals surface area contributed by atoms with Crippen LogP contribution >= 0.6 is 11.6 Å². The monoisotopic (exact) mass is 431 g/mol. The minimum absolute atomic E-state index is 0.319. The number of nitrogens with one attached hydrogen (secondary N) is 1. The number of hydrogen-bond donors (Lipinski definition) is 1. The number of carbonyl (C=O) groups is 2. The van der Waals surface area contributed by atoms with Gasteiger partial charge in [-0.05, 0) is 36.8 Å². The standard InChI is InChI=1S/C21H18ClNO7/c1-12-7-16(18(27-2)9-15(12)22)23-19(24)10-29-21(26)11-28-14-5-3-13-4-6-20(25)30-17(13)8-14/h3-9H,10-11H2,1-2H3,(H,23,24). The Bertz CT molecular complexity index is 1160. The number of anilines is 1. The third-order valence-electron chi connectivity index (χ3n) is 4.07. The second-order valence-corrected chi connectivity index (χ2v) is 6.66. The number of fused-ring (bicyclic) bond motifs is 1. The second-order valence-electron chi connectivity index (χ2n) is 6.25. The maximum absolute atomic E-state index is 12.1. The number of carbonyl (C=O) groups excluding carboxylic acids is 2. The molecule has 0 saturated carbocycles. The van der Waals surface area contributed by atoms with Crippen LogP contribution in [0.25, 0.3) is 11.0 Å². The molecule has 30 heavy (non-hydrogen) atoms. The van der Waals surface area contributed by atoms with Crippen LogP contribution in [0.3, 0.4) is 0 Å². The zero-order valence-electron chi connectivity index (χ0n) is 16.2. The van der Waals surface area contributed by atoms with E-state index in [0.717, 1.165) is 5.56 Å². The van der Waals surface area contributed by atoms with E-state index >= 15 is 0 Å². The van der Waals surface area contributed by atoms with Gasteiger partial charge in [-0.3, -0.25) is 4.79 Å². The van der Waals surface area contributed by atoms with E-state index < -0.39 is 30.7 Å². The van der Waals surface area contributed by atoms with Crippen molar-refractivity contribution in [1.29, 1.82) is 0 Å². The number of benzene rings is 2. The molecule has 0 fully saturated rings. The van der Waals surface area contributed by atoms with E-state index in [9.17, 15) is 14.4 Å². The fourth-order valence-electron chi connectivity index (χ4n) is 2.58. The lowest BCUT2D eigenvalue weighted by molar-refractivity contribution is -0.149. The maximum Gasteiger partial charge on any atom is 0.344 e. The molecular weight excluding hydrogens is 414 g/mol. The molecule has 0 atom stereocenters. The predicted octanol–water partition coefficient (Wildman–Crippen LogP) is 3.32. The van der Waals surface area contributed by atoms with Gasteiger partial charge in [0, 0.05) is 28.6 Å². The zero-order chi connectivity index (χ0) is 21.7. The van der Waals surface area contributed by atoms with Crippen molar-refractivity contribution in [3.8, 4) is 11.5 Å². The number of ether oxygens (including phenoxy) is 3. The van der Waals surface area contributed by atoms with E-state index in [1.54, 1.807) is 37.3 Å². The summed E-state index contributed by atoms with van der Waals surface area (Å²) in [6.45, 7) is 0.867. The third-order valence-corrected chi connectivity index (χ3v) is 4.48. The van der Waals surface area contributed by atoms with Crippen molar-refractivity contribution < 1.29 is 28.2 Å². The molecule has 0 aliphatic carbocycles. The highest BCUT2D eigenvalue weighted by Crippen LogP contribution is 2.30. The molecule has 0 spiro atoms. The highest BCUT2D eigenvalue weighted by Gasteiger charge is 2.13. The van der Waals surface area contributed by atoms with E-state index in [1.165, 1.54) is 19.2 Å². The van der Waals surface area contributed by atoms with Crippen LogP contribution in [0.4, 0.5) is 5.69 Å². The summed E-state index contributed by atoms with van der Waals surface area (Å²) in [4.78, 5) is 35.2. The van der Waals surface area contributed by atoms with E-state index in [2.05, 4.69) is 5.32 Å². The third kappa shape index (κ3) is 5.30. The Morgan fingerprint density at radius 3 is 2.63 bits per heavy atom. The molecule has 2 aromatic carbocycles. The van der Waals surface area contributed by atoms with Crippen LogP contribution in [0, 0.1) is 6.92 Å². The lowest BCUT2D eigenvalue weighted by Gasteiger charge is -2.12. The molecule has 8 nitrogen and oxygen atoms in total. The van der Waals surface area contributed by atoms with Crippen molar-refractivity contribution in [3.63, 3.8) is 0 Å². The van der Waals surface area contributed by atoms with Crippen LogP contribution in [0.5, 0.6) is 11.5 Å². The van der Waals surface area contributed by atoms with Crippen LogP contribution in [0.1, 0.15) is 5.56 Å². The zero-order valence-corrected chi connectivity index (χ0v) is 16.9. The average Bonchev–Trinajstić information content (AvgIpc) is 2.72. The van der Waals surface area contributed by atoms with Crippen molar-refractivity contribution in [2.45, 2.75) is 6.92 Å². The summed E-state index contributed by atoms with van der Waals surface area (Å²) in [5, 5.41) is 3.82. The van der Waals surface area contributed by atoms with Gasteiger partial charge in [-0.2, -0.15) is 0 Å². The van der Waals surface area contributed by atoms with Crippen molar-refractivity contribution in [3.05, 3.63) is 63.5 Å². The quantitative estimate of drug-likeness (QED) is 0.452. The van der Waals surface area contributed by atoms with Gasteiger partial charge in [0.1, 0.15) is 17.1 Å². The summed E-state index contributed by atoms with van der Waals surface area (Å²) in [5.74, 6) is -0.578. The van der Waals surface area contributed by atoms with Gasteiger partial charge in [0.15, 0.2) is 13.2 Å². The largest absolute Gasteiger partial charge is 0.495 e. The summed E-state index contributed by atoms with van der Waals surface area (Å²) >= 11 is 6.03. The first-order valence-electron chi connectivity index (χ1n) is 8.82.